The summed E-state index contributed by atoms with van der Waals surface area (Å²) in [4.78, 5) is 20.3. The van der Waals surface area contributed by atoms with Gasteiger partial charge in [-0.2, -0.15) is 0 Å². The lowest BCUT2D eigenvalue weighted by molar-refractivity contribution is -0.135. The van der Waals surface area contributed by atoms with Gasteiger partial charge in [-0.25, -0.2) is 0 Å². The van der Waals surface area contributed by atoms with Crippen LogP contribution in [0.1, 0.15) is 49.7 Å². The molecule has 2 aliphatic heterocycles. The van der Waals surface area contributed by atoms with Gasteiger partial charge >= 0.3 is 0 Å². The summed E-state index contributed by atoms with van der Waals surface area (Å²) in [5, 5.41) is 0. The maximum Gasteiger partial charge on any atom is 0.225 e. The van der Waals surface area contributed by atoms with Crippen LogP contribution in [-0.4, -0.2) is 73.5 Å². The van der Waals surface area contributed by atoms with E-state index in [1.54, 1.807) is 7.11 Å². The van der Waals surface area contributed by atoms with Crippen molar-refractivity contribution in [3.05, 3.63) is 53.5 Å². The Morgan fingerprint density at radius 1 is 1.15 bits per heavy atom. The molecule has 0 radical (unpaired) electrons. The van der Waals surface area contributed by atoms with E-state index in [2.05, 4.69) is 39.0 Å². The SMILES string of the molecule is COc1cccc([C@@H]2CN(Cc3ccc(C)o3)C[C@@H]2CN(CCN2CCCC2)C(=O)C(C)C)c1. The van der Waals surface area contributed by atoms with Crippen LogP contribution in [0.5, 0.6) is 5.75 Å². The van der Waals surface area contributed by atoms with Crippen molar-refractivity contribution in [1.82, 2.24) is 14.7 Å². The highest BCUT2D eigenvalue weighted by Crippen LogP contribution is 2.36. The molecule has 1 amide bonds. The summed E-state index contributed by atoms with van der Waals surface area (Å²) in [7, 11) is 1.72. The summed E-state index contributed by atoms with van der Waals surface area (Å²) in [6, 6.07) is 12.6. The molecular formula is C28H41N3O3. The van der Waals surface area contributed by atoms with Gasteiger partial charge in [0.1, 0.15) is 17.3 Å². The molecule has 4 rings (SSSR count). The van der Waals surface area contributed by atoms with Gasteiger partial charge in [-0.3, -0.25) is 9.69 Å². The van der Waals surface area contributed by atoms with Crippen molar-refractivity contribution in [3.63, 3.8) is 0 Å². The van der Waals surface area contributed by atoms with Crippen molar-refractivity contribution in [2.24, 2.45) is 11.8 Å². The largest absolute Gasteiger partial charge is 0.497 e. The van der Waals surface area contributed by atoms with E-state index in [1.165, 1.54) is 18.4 Å². The van der Waals surface area contributed by atoms with Crippen molar-refractivity contribution < 1.29 is 13.9 Å². The number of carbonyl (C=O) groups is 1. The fraction of sp³-hybridized carbons (Fsp3) is 0.607. The predicted octanol–water partition coefficient (Wildman–Crippen LogP) is 4.39. The minimum atomic E-state index is 0.0115. The van der Waals surface area contributed by atoms with Crippen LogP contribution in [0.2, 0.25) is 0 Å². The maximum atomic E-state index is 13.2. The fourth-order valence-corrected chi connectivity index (χ4v) is 5.52. The number of ether oxygens (including phenoxy) is 1. The number of furan rings is 1. The topological polar surface area (TPSA) is 49.2 Å². The molecule has 1 aromatic heterocycles. The summed E-state index contributed by atoms with van der Waals surface area (Å²) in [6.07, 6.45) is 2.56. The molecule has 2 aromatic rings. The molecule has 3 heterocycles. The third kappa shape index (κ3) is 6.22. The van der Waals surface area contributed by atoms with Gasteiger partial charge in [0.2, 0.25) is 5.91 Å². The lowest BCUT2D eigenvalue weighted by Crippen LogP contribution is -2.43. The second-order valence-electron chi connectivity index (χ2n) is 10.3. The van der Waals surface area contributed by atoms with Crippen LogP contribution < -0.4 is 4.74 Å². The van der Waals surface area contributed by atoms with Gasteiger partial charge in [0, 0.05) is 44.6 Å². The van der Waals surface area contributed by atoms with Crippen LogP contribution in [0.25, 0.3) is 0 Å². The first-order valence-corrected chi connectivity index (χ1v) is 12.9. The average Bonchev–Trinajstić information content (AvgIpc) is 3.58. The Morgan fingerprint density at radius 2 is 1.94 bits per heavy atom. The van der Waals surface area contributed by atoms with Gasteiger partial charge in [-0.1, -0.05) is 26.0 Å². The number of aryl methyl sites for hydroxylation is 1. The standard InChI is InChI=1S/C28H41N3O3/c1-21(2)28(32)31(15-14-29-12-5-6-13-29)18-24-17-30(19-26-11-10-22(3)34-26)20-27(24)23-8-7-9-25(16-23)33-4/h7-11,16,21,24,27H,5-6,12-15,17-20H2,1-4H3/t24-,27+/m1/s1. The van der Waals surface area contributed by atoms with Gasteiger partial charge in [-0.15, -0.1) is 0 Å². The van der Waals surface area contributed by atoms with E-state index in [4.69, 9.17) is 9.15 Å². The molecule has 0 N–H and O–H groups in total. The normalized spacial score (nSPS) is 21.4. The number of hydrogen-bond donors (Lipinski definition) is 0. The molecular weight excluding hydrogens is 426 g/mol. The Labute approximate surface area is 204 Å². The number of likely N-dealkylation sites (tertiary alicyclic amines) is 2. The molecule has 0 spiro atoms. The van der Waals surface area contributed by atoms with E-state index < -0.39 is 0 Å². The van der Waals surface area contributed by atoms with E-state index in [-0.39, 0.29) is 11.8 Å². The van der Waals surface area contributed by atoms with Crippen molar-refractivity contribution in [3.8, 4) is 5.75 Å². The molecule has 0 bridgehead atoms. The summed E-state index contributed by atoms with van der Waals surface area (Å²) in [6.45, 7) is 13.6. The van der Waals surface area contributed by atoms with E-state index in [9.17, 15) is 4.79 Å². The number of carbonyl (C=O) groups excluding carboxylic acids is 1. The smallest absolute Gasteiger partial charge is 0.225 e. The third-order valence-electron chi connectivity index (χ3n) is 7.36. The van der Waals surface area contributed by atoms with E-state index in [0.29, 0.717) is 11.8 Å². The predicted molar refractivity (Wildman–Crippen MR) is 135 cm³/mol. The molecule has 0 unspecified atom stereocenters. The molecule has 0 aliphatic carbocycles. The molecule has 2 fully saturated rings. The Bertz CT molecular complexity index is 934. The molecule has 1 aromatic carbocycles. The quantitative estimate of drug-likeness (QED) is 0.519. The summed E-state index contributed by atoms with van der Waals surface area (Å²) in [5.41, 5.74) is 1.29. The van der Waals surface area contributed by atoms with Crippen LogP contribution in [0.3, 0.4) is 0 Å². The number of methoxy groups -OCH3 is 1. The van der Waals surface area contributed by atoms with E-state index >= 15 is 0 Å². The highest BCUT2D eigenvalue weighted by Gasteiger charge is 2.36. The molecule has 6 nitrogen and oxygen atoms in total. The Balaban J connectivity index is 1.52. The maximum absolute atomic E-state index is 13.2. The molecule has 6 heteroatoms. The second-order valence-corrected chi connectivity index (χ2v) is 10.3. The van der Waals surface area contributed by atoms with Gasteiger partial charge in [-0.05, 0) is 68.6 Å². The Morgan fingerprint density at radius 3 is 2.62 bits per heavy atom. The lowest BCUT2D eigenvalue weighted by atomic mass is 9.88. The van der Waals surface area contributed by atoms with Crippen molar-refractivity contribution in [2.75, 3.05) is 52.9 Å². The lowest BCUT2D eigenvalue weighted by Gasteiger charge is -2.31. The van der Waals surface area contributed by atoms with E-state index in [0.717, 1.165) is 69.6 Å². The van der Waals surface area contributed by atoms with Crippen LogP contribution in [-0.2, 0) is 11.3 Å². The molecule has 0 saturated carbocycles. The number of amides is 1. The van der Waals surface area contributed by atoms with Gasteiger partial charge in [0.15, 0.2) is 0 Å². The minimum absolute atomic E-state index is 0.0115. The average molecular weight is 468 g/mol. The van der Waals surface area contributed by atoms with Crippen molar-refractivity contribution >= 4 is 5.91 Å². The zero-order valence-electron chi connectivity index (χ0n) is 21.3. The third-order valence-corrected chi connectivity index (χ3v) is 7.36. The first-order chi connectivity index (χ1) is 16.4. The zero-order valence-corrected chi connectivity index (χ0v) is 21.3. The van der Waals surface area contributed by atoms with Gasteiger partial charge < -0.3 is 19.0 Å². The van der Waals surface area contributed by atoms with Crippen LogP contribution >= 0.6 is 0 Å². The van der Waals surface area contributed by atoms with Crippen LogP contribution in [0.4, 0.5) is 0 Å². The summed E-state index contributed by atoms with van der Waals surface area (Å²) in [5.74, 6) is 3.84. The second kappa shape index (κ2) is 11.4. The van der Waals surface area contributed by atoms with E-state index in [1.807, 2.05) is 32.9 Å². The molecule has 186 valence electrons. The summed E-state index contributed by atoms with van der Waals surface area (Å²) >= 11 is 0. The number of benzene rings is 1. The Hall–Kier alpha value is -2.31. The molecule has 2 atom stereocenters. The van der Waals surface area contributed by atoms with Crippen molar-refractivity contribution in [2.45, 2.75) is 46.1 Å². The van der Waals surface area contributed by atoms with Crippen LogP contribution in [0, 0.1) is 18.8 Å². The molecule has 34 heavy (non-hydrogen) atoms. The number of hydrogen-bond acceptors (Lipinski definition) is 5. The zero-order chi connectivity index (χ0) is 24.1. The fourth-order valence-electron chi connectivity index (χ4n) is 5.52. The molecule has 2 aliphatic rings. The first-order valence-electron chi connectivity index (χ1n) is 12.9. The van der Waals surface area contributed by atoms with Gasteiger partial charge in [0.25, 0.3) is 0 Å². The number of nitrogens with zero attached hydrogens (tertiary/aromatic N) is 3. The highest BCUT2D eigenvalue weighted by atomic mass is 16.5. The Kier molecular flexibility index (Phi) is 8.32. The minimum Gasteiger partial charge on any atom is -0.497 e. The van der Waals surface area contributed by atoms with Crippen molar-refractivity contribution in [1.29, 1.82) is 0 Å². The highest BCUT2D eigenvalue weighted by molar-refractivity contribution is 5.78. The summed E-state index contributed by atoms with van der Waals surface area (Å²) < 4.78 is 11.4. The molecule has 2 saturated heterocycles. The van der Waals surface area contributed by atoms with Crippen LogP contribution in [0.15, 0.2) is 40.8 Å². The van der Waals surface area contributed by atoms with Gasteiger partial charge in [0.05, 0.1) is 13.7 Å². The number of rotatable bonds is 10. The monoisotopic (exact) mass is 467 g/mol. The first kappa shape index (κ1) is 24.8.